The molecule has 1 aromatic rings. The Morgan fingerprint density at radius 1 is 1.19 bits per heavy atom. The van der Waals surface area contributed by atoms with E-state index in [0.717, 1.165) is 34.6 Å². The molecular formula is C15H25BrN2O3. The van der Waals surface area contributed by atoms with Crippen LogP contribution in [0.4, 0.5) is 0 Å². The van der Waals surface area contributed by atoms with Crippen LogP contribution in [-0.4, -0.2) is 44.6 Å². The van der Waals surface area contributed by atoms with Crippen LogP contribution in [0.3, 0.4) is 0 Å². The molecule has 0 heterocycles. The Labute approximate surface area is 135 Å². The van der Waals surface area contributed by atoms with Crippen LogP contribution in [-0.2, 0) is 6.54 Å². The Kier molecular flexibility index (Phi) is 8.68. The molecule has 3 N–H and O–H groups in total. The molecule has 0 atom stereocenters. The van der Waals surface area contributed by atoms with Gasteiger partial charge in [0.2, 0.25) is 0 Å². The molecule has 0 saturated heterocycles. The standard InChI is InChI=1S/C15H25BrN2O3/c1-11(2)21-15-12(8-13(16)9-14(15)20-3)10-18-5-4-17-6-7-19/h8-9,11,17-19H,4-7,10H2,1-3H3. The van der Waals surface area contributed by atoms with E-state index in [9.17, 15) is 0 Å². The number of ether oxygens (including phenoxy) is 2. The maximum absolute atomic E-state index is 8.69. The van der Waals surface area contributed by atoms with Crippen LogP contribution in [0.1, 0.15) is 19.4 Å². The molecule has 0 aliphatic carbocycles. The fourth-order valence-electron chi connectivity index (χ4n) is 1.88. The van der Waals surface area contributed by atoms with Crippen LogP contribution in [0, 0.1) is 0 Å². The van der Waals surface area contributed by atoms with Gasteiger partial charge in [-0.05, 0) is 26.0 Å². The van der Waals surface area contributed by atoms with Crippen molar-refractivity contribution in [2.75, 3.05) is 33.4 Å². The van der Waals surface area contributed by atoms with Gasteiger partial charge in [0.25, 0.3) is 0 Å². The molecule has 0 bridgehead atoms. The topological polar surface area (TPSA) is 62.8 Å². The normalized spacial score (nSPS) is 11.0. The van der Waals surface area contributed by atoms with Crippen LogP contribution >= 0.6 is 15.9 Å². The van der Waals surface area contributed by atoms with Crippen LogP contribution in [0.15, 0.2) is 16.6 Å². The van der Waals surface area contributed by atoms with Crippen molar-refractivity contribution in [3.8, 4) is 11.5 Å². The molecule has 0 saturated carbocycles. The smallest absolute Gasteiger partial charge is 0.166 e. The van der Waals surface area contributed by atoms with Crippen molar-refractivity contribution in [3.63, 3.8) is 0 Å². The molecule has 0 aliphatic heterocycles. The lowest BCUT2D eigenvalue weighted by Gasteiger charge is -2.18. The molecule has 5 nitrogen and oxygen atoms in total. The first-order valence-electron chi connectivity index (χ1n) is 7.13. The predicted molar refractivity (Wildman–Crippen MR) is 88.1 cm³/mol. The summed E-state index contributed by atoms with van der Waals surface area (Å²) in [7, 11) is 1.64. The van der Waals surface area contributed by atoms with Gasteiger partial charge in [-0.3, -0.25) is 0 Å². The van der Waals surface area contributed by atoms with Crippen molar-refractivity contribution < 1.29 is 14.6 Å². The largest absolute Gasteiger partial charge is 0.493 e. The number of benzene rings is 1. The van der Waals surface area contributed by atoms with E-state index in [0.29, 0.717) is 13.1 Å². The summed E-state index contributed by atoms with van der Waals surface area (Å²) in [5, 5.41) is 15.2. The average molecular weight is 361 g/mol. The SMILES string of the molecule is COc1cc(Br)cc(CNCCNCCO)c1OC(C)C. The van der Waals surface area contributed by atoms with E-state index in [2.05, 4.69) is 26.6 Å². The minimum absolute atomic E-state index is 0.0880. The molecule has 1 rings (SSSR count). The van der Waals surface area contributed by atoms with Crippen molar-refractivity contribution in [2.45, 2.75) is 26.5 Å². The third-order valence-corrected chi connectivity index (χ3v) is 3.21. The van der Waals surface area contributed by atoms with Crippen molar-refractivity contribution in [2.24, 2.45) is 0 Å². The van der Waals surface area contributed by atoms with Gasteiger partial charge in [-0.1, -0.05) is 15.9 Å². The highest BCUT2D eigenvalue weighted by atomic mass is 79.9. The lowest BCUT2D eigenvalue weighted by atomic mass is 10.1. The summed E-state index contributed by atoms with van der Waals surface area (Å²) in [4.78, 5) is 0. The van der Waals surface area contributed by atoms with Gasteiger partial charge in [-0.15, -0.1) is 0 Å². The molecule has 0 aromatic heterocycles. The van der Waals surface area contributed by atoms with Crippen molar-refractivity contribution >= 4 is 15.9 Å². The number of hydrogen-bond acceptors (Lipinski definition) is 5. The van der Waals surface area contributed by atoms with E-state index in [-0.39, 0.29) is 12.7 Å². The van der Waals surface area contributed by atoms with Crippen LogP contribution < -0.4 is 20.1 Å². The van der Waals surface area contributed by atoms with Gasteiger partial charge in [0.1, 0.15) is 0 Å². The second kappa shape index (κ2) is 10.00. The summed E-state index contributed by atoms with van der Waals surface area (Å²) in [5.74, 6) is 1.51. The van der Waals surface area contributed by atoms with E-state index in [4.69, 9.17) is 14.6 Å². The Bertz CT molecular complexity index is 428. The van der Waals surface area contributed by atoms with Gasteiger partial charge in [0.15, 0.2) is 11.5 Å². The van der Waals surface area contributed by atoms with Crippen molar-refractivity contribution in [1.82, 2.24) is 10.6 Å². The number of hydrogen-bond donors (Lipinski definition) is 3. The first-order chi connectivity index (χ1) is 10.1. The molecule has 6 heteroatoms. The summed E-state index contributed by atoms with van der Waals surface area (Å²) in [6, 6.07) is 3.94. The highest BCUT2D eigenvalue weighted by Gasteiger charge is 2.13. The quantitative estimate of drug-likeness (QED) is 0.556. The van der Waals surface area contributed by atoms with E-state index in [1.807, 2.05) is 26.0 Å². The fourth-order valence-corrected chi connectivity index (χ4v) is 2.36. The number of methoxy groups -OCH3 is 1. The first kappa shape index (κ1) is 18.2. The second-order valence-corrected chi connectivity index (χ2v) is 5.83. The molecule has 0 amide bonds. The summed E-state index contributed by atoms with van der Waals surface area (Å²) < 4.78 is 12.3. The average Bonchev–Trinajstić information content (AvgIpc) is 2.44. The highest BCUT2D eigenvalue weighted by molar-refractivity contribution is 9.10. The number of nitrogens with one attached hydrogen (secondary N) is 2. The zero-order valence-electron chi connectivity index (χ0n) is 12.9. The van der Waals surface area contributed by atoms with Crippen LogP contribution in [0.2, 0.25) is 0 Å². The second-order valence-electron chi connectivity index (χ2n) is 4.91. The van der Waals surface area contributed by atoms with Crippen molar-refractivity contribution in [3.05, 3.63) is 22.2 Å². The zero-order chi connectivity index (χ0) is 15.7. The predicted octanol–water partition coefficient (Wildman–Crippen LogP) is 1.92. The number of aliphatic hydroxyl groups excluding tert-OH is 1. The first-order valence-corrected chi connectivity index (χ1v) is 7.93. The number of halogens is 1. The minimum atomic E-state index is 0.0880. The summed E-state index contributed by atoms with van der Waals surface area (Å²) >= 11 is 3.49. The molecule has 0 aliphatic rings. The molecule has 0 spiro atoms. The van der Waals surface area contributed by atoms with Crippen molar-refractivity contribution in [1.29, 1.82) is 0 Å². The molecule has 21 heavy (non-hydrogen) atoms. The lowest BCUT2D eigenvalue weighted by molar-refractivity contribution is 0.227. The van der Waals surface area contributed by atoms with Gasteiger partial charge < -0.3 is 25.2 Å². The summed E-state index contributed by atoms with van der Waals surface area (Å²) in [6.07, 6.45) is 0.0880. The molecule has 0 unspecified atom stereocenters. The third kappa shape index (κ3) is 6.65. The van der Waals surface area contributed by atoms with Crippen LogP contribution in [0.5, 0.6) is 11.5 Å². The maximum atomic E-state index is 8.69. The van der Waals surface area contributed by atoms with E-state index < -0.39 is 0 Å². The van der Waals surface area contributed by atoms with Gasteiger partial charge in [-0.2, -0.15) is 0 Å². The summed E-state index contributed by atoms with van der Waals surface area (Å²) in [6.45, 7) is 7.10. The highest BCUT2D eigenvalue weighted by Crippen LogP contribution is 2.35. The molecular weight excluding hydrogens is 336 g/mol. The van der Waals surface area contributed by atoms with E-state index in [1.54, 1.807) is 7.11 Å². The third-order valence-electron chi connectivity index (χ3n) is 2.75. The molecule has 0 fully saturated rings. The van der Waals surface area contributed by atoms with Crippen LogP contribution in [0.25, 0.3) is 0 Å². The maximum Gasteiger partial charge on any atom is 0.166 e. The van der Waals surface area contributed by atoms with Gasteiger partial charge in [-0.25, -0.2) is 0 Å². The number of rotatable bonds is 10. The van der Waals surface area contributed by atoms with Gasteiger partial charge in [0, 0.05) is 36.2 Å². The van der Waals surface area contributed by atoms with Gasteiger partial charge >= 0.3 is 0 Å². The monoisotopic (exact) mass is 360 g/mol. The molecule has 0 radical (unpaired) electrons. The van der Waals surface area contributed by atoms with E-state index in [1.165, 1.54) is 0 Å². The Morgan fingerprint density at radius 2 is 1.90 bits per heavy atom. The molecule has 120 valence electrons. The van der Waals surface area contributed by atoms with Gasteiger partial charge in [0.05, 0.1) is 19.8 Å². The van der Waals surface area contributed by atoms with E-state index >= 15 is 0 Å². The zero-order valence-corrected chi connectivity index (χ0v) is 14.5. The fraction of sp³-hybridized carbons (Fsp3) is 0.600. The summed E-state index contributed by atoms with van der Waals surface area (Å²) in [5.41, 5.74) is 1.05. The molecule has 1 aromatic carbocycles. The Hall–Kier alpha value is -0.820. The Balaban J connectivity index is 2.67. The minimum Gasteiger partial charge on any atom is -0.493 e. The lowest BCUT2D eigenvalue weighted by Crippen LogP contribution is -2.29. The Morgan fingerprint density at radius 3 is 2.52 bits per heavy atom. The number of aliphatic hydroxyl groups is 1.